The van der Waals surface area contributed by atoms with E-state index in [9.17, 15) is 5.11 Å². The highest BCUT2D eigenvalue weighted by Gasteiger charge is 2.08. The molecule has 0 heterocycles. The number of hydrogen-bond acceptors (Lipinski definition) is 3. The number of ether oxygens (including phenoxy) is 1. The molecule has 0 radical (unpaired) electrons. The lowest BCUT2D eigenvalue weighted by molar-refractivity contribution is 0.318. The fourth-order valence-electron chi connectivity index (χ4n) is 1.20. The lowest BCUT2D eigenvalue weighted by Crippen LogP contribution is -2.03. The summed E-state index contributed by atoms with van der Waals surface area (Å²) in [6, 6.07) is 3.46. The van der Waals surface area contributed by atoms with Gasteiger partial charge in [-0.05, 0) is 37.6 Å². The van der Waals surface area contributed by atoms with Gasteiger partial charge < -0.3 is 15.6 Å². The minimum absolute atomic E-state index is 0.00529. The van der Waals surface area contributed by atoms with Crippen LogP contribution < -0.4 is 10.5 Å². The quantitative estimate of drug-likeness (QED) is 0.807. The standard InChI is InChI=1S/C10H14ClNO2/c1-2-14-9-6-7(3-4-12)5-8(11)10(9)13/h5-6,13H,2-4,12H2,1H3. The second-order valence-electron chi connectivity index (χ2n) is 2.90. The number of phenolic OH excluding ortho intramolecular Hbond substituents is 1. The molecule has 0 aliphatic heterocycles. The SMILES string of the molecule is CCOc1cc(CCN)cc(Cl)c1O. The third-order valence-corrected chi connectivity index (χ3v) is 2.11. The summed E-state index contributed by atoms with van der Waals surface area (Å²) in [7, 11) is 0. The average molecular weight is 216 g/mol. The van der Waals surface area contributed by atoms with Crippen LogP contribution in [0.5, 0.6) is 11.5 Å². The van der Waals surface area contributed by atoms with E-state index >= 15 is 0 Å². The van der Waals surface area contributed by atoms with Crippen molar-refractivity contribution in [1.29, 1.82) is 0 Å². The van der Waals surface area contributed by atoms with Crippen molar-refractivity contribution in [3.05, 3.63) is 22.7 Å². The lowest BCUT2D eigenvalue weighted by atomic mass is 10.1. The smallest absolute Gasteiger partial charge is 0.176 e. The highest BCUT2D eigenvalue weighted by atomic mass is 35.5. The van der Waals surface area contributed by atoms with Gasteiger partial charge in [-0.15, -0.1) is 0 Å². The molecule has 0 aliphatic carbocycles. The molecule has 0 saturated heterocycles. The van der Waals surface area contributed by atoms with Crippen LogP contribution in [0.2, 0.25) is 5.02 Å². The van der Waals surface area contributed by atoms with Gasteiger partial charge in [-0.25, -0.2) is 0 Å². The van der Waals surface area contributed by atoms with Crippen LogP contribution in [0.1, 0.15) is 12.5 Å². The first-order chi connectivity index (χ1) is 6.69. The fraction of sp³-hybridized carbons (Fsp3) is 0.400. The van der Waals surface area contributed by atoms with Gasteiger partial charge in [0, 0.05) is 0 Å². The summed E-state index contributed by atoms with van der Waals surface area (Å²) in [4.78, 5) is 0. The van der Waals surface area contributed by atoms with E-state index in [1.54, 1.807) is 12.1 Å². The Morgan fingerprint density at radius 2 is 2.21 bits per heavy atom. The summed E-state index contributed by atoms with van der Waals surface area (Å²) in [5.74, 6) is 0.415. The number of nitrogens with two attached hydrogens (primary N) is 1. The summed E-state index contributed by atoms with van der Waals surface area (Å²) < 4.78 is 5.23. The van der Waals surface area contributed by atoms with E-state index < -0.39 is 0 Å². The van der Waals surface area contributed by atoms with Gasteiger partial charge in [0.2, 0.25) is 0 Å². The van der Waals surface area contributed by atoms with Crippen LogP contribution >= 0.6 is 11.6 Å². The number of benzene rings is 1. The predicted octanol–water partition coefficient (Wildman–Crippen LogP) is 1.95. The van der Waals surface area contributed by atoms with Gasteiger partial charge in [-0.1, -0.05) is 11.6 Å². The summed E-state index contributed by atoms with van der Waals surface area (Å²) in [6.45, 7) is 2.89. The number of halogens is 1. The topological polar surface area (TPSA) is 55.5 Å². The number of rotatable bonds is 4. The van der Waals surface area contributed by atoms with Crippen molar-refractivity contribution in [3.8, 4) is 11.5 Å². The normalized spacial score (nSPS) is 10.2. The van der Waals surface area contributed by atoms with Gasteiger partial charge in [0.1, 0.15) is 0 Å². The molecular weight excluding hydrogens is 202 g/mol. The van der Waals surface area contributed by atoms with E-state index in [1.807, 2.05) is 6.92 Å². The zero-order valence-corrected chi connectivity index (χ0v) is 8.84. The maximum absolute atomic E-state index is 9.53. The van der Waals surface area contributed by atoms with Gasteiger partial charge in [-0.2, -0.15) is 0 Å². The molecular formula is C10H14ClNO2. The van der Waals surface area contributed by atoms with Crippen LogP contribution in [0, 0.1) is 0 Å². The summed E-state index contributed by atoms with van der Waals surface area (Å²) in [5, 5.41) is 9.84. The van der Waals surface area contributed by atoms with E-state index in [4.69, 9.17) is 22.1 Å². The lowest BCUT2D eigenvalue weighted by Gasteiger charge is -2.09. The van der Waals surface area contributed by atoms with Crippen molar-refractivity contribution in [2.24, 2.45) is 5.73 Å². The Hall–Kier alpha value is -0.930. The van der Waals surface area contributed by atoms with E-state index in [2.05, 4.69) is 0 Å². The molecule has 0 atom stereocenters. The van der Waals surface area contributed by atoms with Gasteiger partial charge >= 0.3 is 0 Å². The number of hydrogen-bond donors (Lipinski definition) is 2. The first kappa shape index (κ1) is 11.1. The molecule has 1 rings (SSSR count). The molecule has 3 nitrogen and oxygen atoms in total. The van der Waals surface area contributed by atoms with Gasteiger partial charge in [0.15, 0.2) is 11.5 Å². The van der Waals surface area contributed by atoms with Crippen molar-refractivity contribution in [2.75, 3.05) is 13.2 Å². The van der Waals surface area contributed by atoms with Crippen LogP contribution in [-0.2, 0) is 6.42 Å². The predicted molar refractivity (Wildman–Crippen MR) is 57.0 cm³/mol. The van der Waals surface area contributed by atoms with E-state index in [0.29, 0.717) is 23.9 Å². The zero-order chi connectivity index (χ0) is 10.6. The average Bonchev–Trinajstić information content (AvgIpc) is 2.14. The van der Waals surface area contributed by atoms with Gasteiger partial charge in [0.25, 0.3) is 0 Å². The van der Waals surface area contributed by atoms with Gasteiger partial charge in [-0.3, -0.25) is 0 Å². The van der Waals surface area contributed by atoms with Crippen LogP contribution in [0.25, 0.3) is 0 Å². The first-order valence-electron chi connectivity index (χ1n) is 4.53. The molecule has 0 saturated carbocycles. The highest BCUT2D eigenvalue weighted by Crippen LogP contribution is 2.35. The van der Waals surface area contributed by atoms with Crippen molar-refractivity contribution >= 4 is 11.6 Å². The minimum Gasteiger partial charge on any atom is -0.503 e. The molecule has 1 aromatic rings. The maximum atomic E-state index is 9.53. The largest absolute Gasteiger partial charge is 0.503 e. The van der Waals surface area contributed by atoms with Gasteiger partial charge in [0.05, 0.1) is 11.6 Å². The molecule has 4 heteroatoms. The molecule has 14 heavy (non-hydrogen) atoms. The molecule has 0 aromatic heterocycles. The van der Waals surface area contributed by atoms with Crippen molar-refractivity contribution in [3.63, 3.8) is 0 Å². The first-order valence-corrected chi connectivity index (χ1v) is 4.91. The highest BCUT2D eigenvalue weighted by molar-refractivity contribution is 6.32. The van der Waals surface area contributed by atoms with Crippen LogP contribution in [-0.4, -0.2) is 18.3 Å². The van der Waals surface area contributed by atoms with E-state index in [-0.39, 0.29) is 5.75 Å². The summed E-state index contributed by atoms with van der Waals surface area (Å²) >= 11 is 5.82. The Labute approximate surface area is 88.4 Å². The Morgan fingerprint density at radius 3 is 2.79 bits per heavy atom. The molecule has 78 valence electrons. The second kappa shape index (κ2) is 5.08. The third kappa shape index (κ3) is 2.53. The second-order valence-corrected chi connectivity index (χ2v) is 3.30. The Kier molecular flexibility index (Phi) is 4.04. The minimum atomic E-state index is -0.00529. The van der Waals surface area contributed by atoms with Crippen molar-refractivity contribution < 1.29 is 9.84 Å². The molecule has 0 fully saturated rings. The molecule has 0 aliphatic rings. The zero-order valence-electron chi connectivity index (χ0n) is 8.09. The van der Waals surface area contributed by atoms with Crippen LogP contribution in [0.3, 0.4) is 0 Å². The Bertz CT molecular complexity index is 315. The molecule has 1 aromatic carbocycles. The molecule has 0 unspecified atom stereocenters. The van der Waals surface area contributed by atoms with Crippen molar-refractivity contribution in [2.45, 2.75) is 13.3 Å². The van der Waals surface area contributed by atoms with E-state index in [0.717, 1.165) is 12.0 Å². The number of phenols is 1. The Morgan fingerprint density at radius 1 is 1.50 bits per heavy atom. The maximum Gasteiger partial charge on any atom is 0.176 e. The summed E-state index contributed by atoms with van der Waals surface area (Å²) in [6.07, 6.45) is 0.722. The number of aromatic hydroxyl groups is 1. The van der Waals surface area contributed by atoms with Crippen LogP contribution in [0.15, 0.2) is 12.1 Å². The molecule has 0 amide bonds. The van der Waals surface area contributed by atoms with E-state index in [1.165, 1.54) is 0 Å². The molecule has 0 spiro atoms. The monoisotopic (exact) mass is 215 g/mol. The molecule has 3 N–H and O–H groups in total. The fourth-order valence-corrected chi connectivity index (χ4v) is 1.44. The Balaban J connectivity index is 3.01. The third-order valence-electron chi connectivity index (χ3n) is 1.82. The van der Waals surface area contributed by atoms with Crippen molar-refractivity contribution in [1.82, 2.24) is 0 Å². The molecule has 0 bridgehead atoms. The van der Waals surface area contributed by atoms with Crippen LogP contribution in [0.4, 0.5) is 0 Å². The summed E-state index contributed by atoms with van der Waals surface area (Å²) in [5.41, 5.74) is 6.40.